The van der Waals surface area contributed by atoms with Crippen LogP contribution in [0.3, 0.4) is 0 Å². The fraction of sp³-hybridized carbons (Fsp3) is 0.333. The van der Waals surface area contributed by atoms with Crippen LogP contribution in [0.2, 0.25) is 0 Å². The lowest BCUT2D eigenvalue weighted by Crippen LogP contribution is -2.33. The van der Waals surface area contributed by atoms with Crippen molar-refractivity contribution in [2.24, 2.45) is 0 Å². The number of amides is 1. The number of anilines is 1. The molecule has 18 heavy (non-hydrogen) atoms. The summed E-state index contributed by atoms with van der Waals surface area (Å²) in [7, 11) is 0. The third kappa shape index (κ3) is 3.73. The fourth-order valence-electron chi connectivity index (χ4n) is 1.45. The van der Waals surface area contributed by atoms with Crippen LogP contribution in [0, 0.1) is 5.82 Å². The molecule has 1 aromatic carbocycles. The number of hydrogen-bond acceptors (Lipinski definition) is 3. The molecular formula is C12H15FN2O3. The Bertz CT molecular complexity index is 463. The van der Waals surface area contributed by atoms with E-state index in [1.54, 1.807) is 6.92 Å². The molecule has 0 aliphatic heterocycles. The Labute approximate surface area is 104 Å². The average molecular weight is 254 g/mol. The molecule has 5 nitrogen and oxygen atoms in total. The molecule has 0 aliphatic rings. The summed E-state index contributed by atoms with van der Waals surface area (Å²) in [4.78, 5) is 22.1. The fourth-order valence-corrected chi connectivity index (χ4v) is 1.45. The van der Waals surface area contributed by atoms with Crippen molar-refractivity contribution in [1.29, 1.82) is 0 Å². The van der Waals surface area contributed by atoms with Crippen LogP contribution in [-0.2, 0) is 4.79 Å². The number of rotatable bonds is 5. The standard InChI is InChI=1S/C12H15FN2O3/c1-7(5-6-10(16)17)15-12(18)8-3-2-4-9(13)11(8)14/h2-4,7H,5-6,14H2,1H3,(H,15,18)(H,16,17). The molecule has 98 valence electrons. The van der Waals surface area contributed by atoms with Gasteiger partial charge in [0.15, 0.2) is 0 Å². The Morgan fingerprint density at radius 3 is 2.78 bits per heavy atom. The van der Waals surface area contributed by atoms with Gasteiger partial charge in [0.2, 0.25) is 0 Å². The van der Waals surface area contributed by atoms with Crippen LogP contribution < -0.4 is 11.1 Å². The summed E-state index contributed by atoms with van der Waals surface area (Å²) in [5.41, 5.74) is 5.30. The highest BCUT2D eigenvalue weighted by Crippen LogP contribution is 2.15. The van der Waals surface area contributed by atoms with Crippen LogP contribution >= 0.6 is 0 Å². The summed E-state index contributed by atoms with van der Waals surface area (Å²) in [5.74, 6) is -2.09. The molecule has 0 saturated carbocycles. The molecule has 0 spiro atoms. The van der Waals surface area contributed by atoms with E-state index in [0.29, 0.717) is 6.42 Å². The molecule has 0 aliphatic carbocycles. The second-order valence-electron chi connectivity index (χ2n) is 4.01. The van der Waals surface area contributed by atoms with E-state index in [2.05, 4.69) is 5.32 Å². The van der Waals surface area contributed by atoms with E-state index in [-0.39, 0.29) is 23.7 Å². The van der Waals surface area contributed by atoms with Gasteiger partial charge in [-0.15, -0.1) is 0 Å². The number of benzene rings is 1. The Morgan fingerprint density at radius 2 is 2.17 bits per heavy atom. The molecule has 1 rings (SSSR count). The van der Waals surface area contributed by atoms with Crippen LogP contribution in [0.4, 0.5) is 10.1 Å². The first kappa shape index (κ1) is 14.0. The summed E-state index contributed by atoms with van der Waals surface area (Å²) in [5, 5.41) is 11.1. The molecule has 0 bridgehead atoms. The van der Waals surface area contributed by atoms with Gasteiger partial charge in [-0.05, 0) is 25.5 Å². The summed E-state index contributed by atoms with van der Waals surface area (Å²) in [6, 6.07) is 3.65. The molecule has 1 atom stereocenters. The molecule has 0 saturated heterocycles. The third-order valence-corrected chi connectivity index (χ3v) is 2.47. The molecule has 1 amide bonds. The SMILES string of the molecule is CC(CCC(=O)O)NC(=O)c1cccc(F)c1N. The van der Waals surface area contributed by atoms with Crippen LogP contribution in [0.1, 0.15) is 30.1 Å². The predicted molar refractivity (Wildman–Crippen MR) is 64.6 cm³/mol. The molecule has 0 radical (unpaired) electrons. The summed E-state index contributed by atoms with van der Waals surface area (Å²) >= 11 is 0. The average Bonchev–Trinajstić information content (AvgIpc) is 2.30. The lowest BCUT2D eigenvalue weighted by atomic mass is 10.1. The Kier molecular flexibility index (Phi) is 4.65. The van der Waals surface area contributed by atoms with Crippen molar-refractivity contribution in [2.75, 3.05) is 5.73 Å². The van der Waals surface area contributed by atoms with Gasteiger partial charge in [0.25, 0.3) is 5.91 Å². The highest BCUT2D eigenvalue weighted by molar-refractivity contribution is 5.99. The van der Waals surface area contributed by atoms with E-state index in [1.165, 1.54) is 18.2 Å². The highest BCUT2D eigenvalue weighted by Gasteiger charge is 2.15. The van der Waals surface area contributed by atoms with Crippen molar-refractivity contribution in [3.63, 3.8) is 0 Å². The van der Waals surface area contributed by atoms with Crippen LogP contribution in [0.5, 0.6) is 0 Å². The normalized spacial score (nSPS) is 11.9. The first-order valence-electron chi connectivity index (χ1n) is 5.48. The summed E-state index contributed by atoms with van der Waals surface area (Å²) in [6.45, 7) is 1.68. The van der Waals surface area contributed by atoms with Crippen LogP contribution in [0.15, 0.2) is 18.2 Å². The van der Waals surface area contributed by atoms with Gasteiger partial charge in [-0.25, -0.2) is 4.39 Å². The third-order valence-electron chi connectivity index (χ3n) is 2.47. The molecule has 0 aromatic heterocycles. The van der Waals surface area contributed by atoms with Gasteiger partial charge < -0.3 is 16.2 Å². The number of halogens is 1. The number of carbonyl (C=O) groups is 2. The molecule has 0 heterocycles. The maximum absolute atomic E-state index is 13.1. The lowest BCUT2D eigenvalue weighted by Gasteiger charge is -2.13. The first-order chi connectivity index (χ1) is 8.41. The zero-order valence-corrected chi connectivity index (χ0v) is 9.94. The van der Waals surface area contributed by atoms with Crippen LogP contribution in [-0.4, -0.2) is 23.0 Å². The maximum Gasteiger partial charge on any atom is 0.303 e. The predicted octanol–water partition coefficient (Wildman–Crippen LogP) is 1.39. The molecule has 1 unspecified atom stereocenters. The molecule has 1 aromatic rings. The largest absolute Gasteiger partial charge is 0.481 e. The number of nitrogens with two attached hydrogens (primary N) is 1. The van der Waals surface area contributed by atoms with Crippen molar-refractivity contribution in [1.82, 2.24) is 5.32 Å². The van der Waals surface area contributed by atoms with E-state index >= 15 is 0 Å². The second kappa shape index (κ2) is 6.00. The number of nitrogens with one attached hydrogen (secondary N) is 1. The molecule has 4 N–H and O–H groups in total. The first-order valence-corrected chi connectivity index (χ1v) is 5.48. The smallest absolute Gasteiger partial charge is 0.303 e. The van der Waals surface area contributed by atoms with Gasteiger partial charge in [0.05, 0.1) is 11.3 Å². The number of carbonyl (C=O) groups excluding carboxylic acids is 1. The number of aliphatic carboxylic acids is 1. The molecule has 0 fully saturated rings. The van der Waals surface area contributed by atoms with Crippen molar-refractivity contribution < 1.29 is 19.1 Å². The van der Waals surface area contributed by atoms with E-state index in [0.717, 1.165) is 0 Å². The van der Waals surface area contributed by atoms with Gasteiger partial charge in [-0.1, -0.05) is 6.07 Å². The zero-order valence-electron chi connectivity index (χ0n) is 9.94. The lowest BCUT2D eigenvalue weighted by molar-refractivity contribution is -0.137. The number of carboxylic acids is 1. The minimum Gasteiger partial charge on any atom is -0.481 e. The zero-order chi connectivity index (χ0) is 13.7. The number of carboxylic acid groups (broad SMARTS) is 1. The van der Waals surface area contributed by atoms with Crippen molar-refractivity contribution in [3.05, 3.63) is 29.6 Å². The second-order valence-corrected chi connectivity index (χ2v) is 4.01. The van der Waals surface area contributed by atoms with Gasteiger partial charge in [-0.2, -0.15) is 0 Å². The number of hydrogen-bond donors (Lipinski definition) is 3. The summed E-state index contributed by atoms with van der Waals surface area (Å²) in [6.07, 6.45) is 0.260. The Morgan fingerprint density at radius 1 is 1.50 bits per heavy atom. The topological polar surface area (TPSA) is 92.4 Å². The molecule has 6 heteroatoms. The van der Waals surface area contributed by atoms with Crippen molar-refractivity contribution in [3.8, 4) is 0 Å². The Balaban J connectivity index is 2.65. The Hall–Kier alpha value is -2.11. The van der Waals surface area contributed by atoms with Gasteiger partial charge in [0, 0.05) is 12.5 Å². The monoisotopic (exact) mass is 254 g/mol. The number of nitrogen functional groups attached to an aromatic ring is 1. The van der Waals surface area contributed by atoms with Gasteiger partial charge in [0.1, 0.15) is 5.82 Å². The van der Waals surface area contributed by atoms with Crippen LogP contribution in [0.25, 0.3) is 0 Å². The molecular weight excluding hydrogens is 239 g/mol. The van der Waals surface area contributed by atoms with E-state index in [1.807, 2.05) is 0 Å². The highest BCUT2D eigenvalue weighted by atomic mass is 19.1. The quantitative estimate of drug-likeness (QED) is 0.692. The minimum absolute atomic E-state index is 0.0416. The number of para-hydroxylation sites is 1. The minimum atomic E-state index is -0.929. The van der Waals surface area contributed by atoms with E-state index in [4.69, 9.17) is 10.8 Å². The van der Waals surface area contributed by atoms with Crippen molar-refractivity contribution >= 4 is 17.6 Å². The van der Waals surface area contributed by atoms with Gasteiger partial charge >= 0.3 is 5.97 Å². The van der Waals surface area contributed by atoms with Gasteiger partial charge in [-0.3, -0.25) is 9.59 Å². The maximum atomic E-state index is 13.1. The van der Waals surface area contributed by atoms with E-state index < -0.39 is 17.7 Å². The van der Waals surface area contributed by atoms with Crippen molar-refractivity contribution in [2.45, 2.75) is 25.8 Å². The van der Waals surface area contributed by atoms with E-state index in [9.17, 15) is 14.0 Å². The summed E-state index contributed by atoms with van der Waals surface area (Å²) < 4.78 is 13.1.